The average molecular weight is 602 g/mol. The third kappa shape index (κ3) is 5.58. The minimum atomic E-state index is -0.0401. The van der Waals surface area contributed by atoms with E-state index in [-0.39, 0.29) is 11.0 Å². The van der Waals surface area contributed by atoms with Gasteiger partial charge in [-0.05, 0) is 99.0 Å². The van der Waals surface area contributed by atoms with Gasteiger partial charge in [0.1, 0.15) is 0 Å². The van der Waals surface area contributed by atoms with Crippen LogP contribution in [0.2, 0.25) is 0 Å². The second-order valence-corrected chi connectivity index (χ2v) is 15.7. The third-order valence-corrected chi connectivity index (χ3v) is 13.2. The molecule has 7 rings (SSSR count). The van der Waals surface area contributed by atoms with E-state index in [0.717, 1.165) is 51.3 Å². The Kier molecular flexibility index (Phi) is 8.71. The molecule has 2 aliphatic heterocycles. The van der Waals surface area contributed by atoms with Crippen LogP contribution in [0.1, 0.15) is 91.0 Å². The van der Waals surface area contributed by atoms with Gasteiger partial charge in [-0.15, -0.1) is 0 Å². The predicted molar refractivity (Wildman–Crippen MR) is 174 cm³/mol. The molecule has 0 N–H and O–H groups in total. The van der Waals surface area contributed by atoms with E-state index in [0.29, 0.717) is 61.4 Å². The van der Waals surface area contributed by atoms with Gasteiger partial charge in [-0.3, -0.25) is 9.69 Å². The Bertz CT molecular complexity index is 1270. The molecule has 2 heterocycles. The van der Waals surface area contributed by atoms with E-state index in [4.69, 9.17) is 14.2 Å². The minimum Gasteiger partial charge on any atom is -0.378 e. The van der Waals surface area contributed by atoms with Gasteiger partial charge in [0, 0.05) is 31.5 Å². The van der Waals surface area contributed by atoms with E-state index in [1.807, 2.05) is 12.1 Å². The van der Waals surface area contributed by atoms with Crippen molar-refractivity contribution in [2.75, 3.05) is 32.9 Å². The lowest BCUT2D eigenvalue weighted by Crippen LogP contribution is -2.52. The topological polar surface area (TPSA) is 48.0 Å². The van der Waals surface area contributed by atoms with Crippen molar-refractivity contribution in [1.29, 1.82) is 0 Å². The van der Waals surface area contributed by atoms with E-state index in [1.165, 1.54) is 43.2 Å². The van der Waals surface area contributed by atoms with Crippen molar-refractivity contribution in [3.63, 3.8) is 0 Å². The maximum Gasteiger partial charge on any atom is 0.155 e. The average Bonchev–Trinajstić information content (AvgIpc) is 3.47. The smallest absolute Gasteiger partial charge is 0.155 e. The quantitative estimate of drug-likeness (QED) is 0.228. The van der Waals surface area contributed by atoms with Crippen molar-refractivity contribution in [2.24, 2.45) is 35.0 Å². The van der Waals surface area contributed by atoms with Gasteiger partial charge in [-0.1, -0.05) is 67.8 Å². The number of nitrogens with zero attached hydrogens (tertiary/aromatic N) is 1. The molecule has 1 aromatic carbocycles. The van der Waals surface area contributed by atoms with Crippen LogP contribution >= 0.6 is 0 Å². The minimum absolute atomic E-state index is 0.0401. The highest BCUT2D eigenvalue weighted by atomic mass is 16.5. The first kappa shape index (κ1) is 30.8. The van der Waals surface area contributed by atoms with Crippen molar-refractivity contribution < 1.29 is 19.0 Å². The first-order chi connectivity index (χ1) is 21.3. The van der Waals surface area contributed by atoms with E-state index in [9.17, 15) is 4.79 Å². The Morgan fingerprint density at radius 3 is 2.68 bits per heavy atom. The number of carbonyl (C=O) groups excluding carboxylic acids is 1. The summed E-state index contributed by atoms with van der Waals surface area (Å²) in [5, 5.41) is 0. The number of rotatable bonds is 8. The Hall–Kier alpha value is -1.79. The number of ether oxygens (including phenoxy) is 3. The van der Waals surface area contributed by atoms with Crippen LogP contribution < -0.4 is 0 Å². The molecule has 9 unspecified atom stereocenters. The van der Waals surface area contributed by atoms with Crippen molar-refractivity contribution in [1.82, 2.24) is 4.90 Å². The van der Waals surface area contributed by atoms with Gasteiger partial charge in [0.25, 0.3) is 0 Å². The first-order valence-electron chi connectivity index (χ1n) is 17.8. The molecule has 4 aliphatic carbocycles. The summed E-state index contributed by atoms with van der Waals surface area (Å²) in [6, 6.07) is 10.8. The summed E-state index contributed by atoms with van der Waals surface area (Å²) < 4.78 is 19.2. The first-order valence-corrected chi connectivity index (χ1v) is 17.8. The summed E-state index contributed by atoms with van der Waals surface area (Å²) in [6.07, 6.45) is 12.5. The van der Waals surface area contributed by atoms with Gasteiger partial charge < -0.3 is 14.2 Å². The fourth-order valence-electron chi connectivity index (χ4n) is 10.9. The van der Waals surface area contributed by atoms with E-state index in [1.54, 1.807) is 11.1 Å². The molecule has 6 aliphatic rings. The Balaban J connectivity index is 0.988. The number of hydrogen-bond acceptors (Lipinski definition) is 5. The Morgan fingerprint density at radius 1 is 1.02 bits per heavy atom. The lowest BCUT2D eigenvalue weighted by atomic mass is 9.56. The predicted octanol–water partition coefficient (Wildman–Crippen LogP) is 7.55. The number of likely N-dealkylation sites (tertiary alicyclic amines) is 1. The van der Waals surface area contributed by atoms with Crippen molar-refractivity contribution in [3.05, 3.63) is 58.7 Å². The molecule has 0 amide bonds. The van der Waals surface area contributed by atoms with Crippen LogP contribution in [0.4, 0.5) is 0 Å². The van der Waals surface area contributed by atoms with Crippen LogP contribution in [-0.2, 0) is 25.6 Å². The van der Waals surface area contributed by atoms with E-state index in [2.05, 4.69) is 56.9 Å². The fraction of sp³-hybridized carbons (Fsp3) is 0.718. The normalized spacial score (nSPS) is 40.3. The molecule has 240 valence electrons. The molecular formula is C39H55NO4. The van der Waals surface area contributed by atoms with Gasteiger partial charge in [0.2, 0.25) is 0 Å². The number of allylic oxidation sites excluding steroid dienone is 3. The van der Waals surface area contributed by atoms with E-state index >= 15 is 0 Å². The zero-order valence-corrected chi connectivity index (χ0v) is 27.7. The van der Waals surface area contributed by atoms with E-state index < -0.39 is 0 Å². The number of ketones is 1. The third-order valence-electron chi connectivity index (χ3n) is 13.2. The number of fused-ring (bicyclic) bond motifs is 6. The maximum atomic E-state index is 12.3. The van der Waals surface area contributed by atoms with Crippen LogP contribution in [0.25, 0.3) is 0 Å². The molecule has 0 radical (unpaired) electrons. The van der Waals surface area contributed by atoms with Crippen LogP contribution in [0.3, 0.4) is 0 Å². The fourth-order valence-corrected chi connectivity index (χ4v) is 10.9. The molecule has 5 nitrogen and oxygen atoms in total. The van der Waals surface area contributed by atoms with Crippen molar-refractivity contribution >= 4 is 5.78 Å². The highest BCUT2D eigenvalue weighted by Crippen LogP contribution is 2.64. The number of hydrogen-bond donors (Lipinski definition) is 0. The van der Waals surface area contributed by atoms with Gasteiger partial charge >= 0.3 is 0 Å². The summed E-state index contributed by atoms with van der Waals surface area (Å²) in [5.41, 5.74) is 6.27. The Labute approximate surface area is 265 Å². The number of piperidine rings is 1. The highest BCUT2D eigenvalue weighted by Gasteiger charge is 2.59. The van der Waals surface area contributed by atoms with Crippen molar-refractivity contribution in [2.45, 2.75) is 110 Å². The monoisotopic (exact) mass is 601 g/mol. The molecule has 1 aromatic rings. The lowest BCUT2D eigenvalue weighted by Gasteiger charge is -2.48. The van der Waals surface area contributed by atoms with Crippen LogP contribution in [0, 0.1) is 35.0 Å². The van der Waals surface area contributed by atoms with Crippen molar-refractivity contribution in [3.8, 4) is 0 Å². The summed E-state index contributed by atoms with van der Waals surface area (Å²) in [7, 11) is 0. The number of carbonyl (C=O) groups is 1. The highest BCUT2D eigenvalue weighted by molar-refractivity contribution is 5.91. The number of benzene rings is 1. The molecule has 0 aromatic heterocycles. The molecular weight excluding hydrogens is 546 g/mol. The SMILES string of the molecule is CC1=C2CC3C(CCC4=CC(=O)CCC43C)C2CCC2(C1)OC1CC(C)CN(CCOCCOCc3ccccc3)C1C2C. The van der Waals surface area contributed by atoms with Gasteiger partial charge in [0.15, 0.2) is 5.78 Å². The molecule has 4 fully saturated rings. The van der Waals surface area contributed by atoms with Crippen LogP contribution in [-0.4, -0.2) is 61.3 Å². The second kappa shape index (κ2) is 12.4. The lowest BCUT2D eigenvalue weighted by molar-refractivity contribution is -0.116. The van der Waals surface area contributed by atoms with Gasteiger partial charge in [0.05, 0.1) is 38.1 Å². The molecule has 44 heavy (non-hydrogen) atoms. The van der Waals surface area contributed by atoms with Crippen LogP contribution in [0.5, 0.6) is 0 Å². The summed E-state index contributed by atoms with van der Waals surface area (Å²) in [4.78, 5) is 15.0. The largest absolute Gasteiger partial charge is 0.378 e. The molecule has 5 heteroatoms. The zero-order valence-electron chi connectivity index (χ0n) is 27.7. The standard InChI is InChI=1S/C39H55NO4/c1-26-20-36-37(40(24-26)16-17-42-18-19-43-25-29-8-6-5-7-9-29)28(3)39(44-36)15-13-32-33-11-10-30-21-31(41)12-14-38(30,4)35(33)22-34(32)27(2)23-39/h5-9,21,26,28,32-33,35-37H,10-20,22-25H2,1-4H3. The Morgan fingerprint density at radius 2 is 1.84 bits per heavy atom. The van der Waals surface area contributed by atoms with Crippen LogP contribution in [0.15, 0.2) is 53.1 Å². The molecule has 2 saturated carbocycles. The molecule has 0 bridgehead atoms. The molecule has 1 spiro atoms. The summed E-state index contributed by atoms with van der Waals surface area (Å²) in [5.74, 6) is 3.71. The van der Waals surface area contributed by atoms with Gasteiger partial charge in [-0.25, -0.2) is 0 Å². The molecule has 2 saturated heterocycles. The maximum absolute atomic E-state index is 12.3. The van der Waals surface area contributed by atoms with Gasteiger partial charge in [-0.2, -0.15) is 0 Å². The second-order valence-electron chi connectivity index (χ2n) is 15.7. The summed E-state index contributed by atoms with van der Waals surface area (Å²) in [6.45, 7) is 14.6. The summed E-state index contributed by atoms with van der Waals surface area (Å²) >= 11 is 0. The molecule has 9 atom stereocenters. The zero-order chi connectivity index (χ0) is 30.5.